The number of rotatable bonds is 5. The summed E-state index contributed by atoms with van der Waals surface area (Å²) in [5.41, 5.74) is 5.30. The number of hydrogen-bond acceptors (Lipinski definition) is 3. The van der Waals surface area contributed by atoms with Gasteiger partial charge < -0.3 is 15.8 Å². The molecule has 0 saturated heterocycles. The van der Waals surface area contributed by atoms with E-state index in [-0.39, 0.29) is 12.5 Å². The molecule has 0 aliphatic carbocycles. The zero-order valence-electron chi connectivity index (χ0n) is 7.96. The second-order valence-electron chi connectivity index (χ2n) is 3.10. The van der Waals surface area contributed by atoms with Crippen LogP contribution < -0.4 is 11.1 Å². The van der Waals surface area contributed by atoms with Gasteiger partial charge in [-0.2, -0.15) is 0 Å². The zero-order chi connectivity index (χ0) is 9.56. The van der Waals surface area contributed by atoms with Crippen molar-refractivity contribution >= 4 is 5.91 Å². The predicted octanol–water partition coefficient (Wildman–Crippen LogP) is -0.268. The molecule has 0 bridgehead atoms. The summed E-state index contributed by atoms with van der Waals surface area (Å²) >= 11 is 0. The standard InChI is InChI=1S/C8H18N2O2/c1-6(2)5-10-8(11)7(4-9)12-3/h6-7H,4-5,9H2,1-3H3,(H,10,11). The van der Waals surface area contributed by atoms with Gasteiger partial charge in [0, 0.05) is 20.2 Å². The molecule has 0 aromatic heterocycles. The fourth-order valence-corrected chi connectivity index (χ4v) is 0.729. The first-order valence-corrected chi connectivity index (χ1v) is 4.12. The maximum Gasteiger partial charge on any atom is 0.250 e. The fourth-order valence-electron chi connectivity index (χ4n) is 0.729. The normalized spacial score (nSPS) is 13.1. The Morgan fingerprint density at radius 2 is 2.17 bits per heavy atom. The molecule has 1 atom stereocenters. The van der Waals surface area contributed by atoms with E-state index in [9.17, 15) is 4.79 Å². The van der Waals surface area contributed by atoms with Gasteiger partial charge in [0.05, 0.1) is 0 Å². The van der Waals surface area contributed by atoms with E-state index in [0.29, 0.717) is 12.5 Å². The molecule has 0 fully saturated rings. The van der Waals surface area contributed by atoms with Gasteiger partial charge in [-0.25, -0.2) is 0 Å². The van der Waals surface area contributed by atoms with Crippen molar-refractivity contribution in [2.45, 2.75) is 20.0 Å². The smallest absolute Gasteiger partial charge is 0.250 e. The lowest BCUT2D eigenvalue weighted by Gasteiger charge is -2.13. The Balaban J connectivity index is 3.69. The summed E-state index contributed by atoms with van der Waals surface area (Å²) in [4.78, 5) is 11.2. The molecule has 72 valence electrons. The molecule has 0 aromatic rings. The lowest BCUT2D eigenvalue weighted by atomic mass is 10.2. The summed E-state index contributed by atoms with van der Waals surface area (Å²) in [6.45, 7) is 4.95. The Hall–Kier alpha value is -0.610. The van der Waals surface area contributed by atoms with Crippen LogP contribution in [0, 0.1) is 5.92 Å². The van der Waals surface area contributed by atoms with Crippen LogP contribution in [0.2, 0.25) is 0 Å². The number of nitrogens with two attached hydrogens (primary N) is 1. The summed E-state index contributed by atoms with van der Waals surface area (Å²) in [5, 5.41) is 2.74. The number of hydrogen-bond donors (Lipinski definition) is 2. The number of carbonyl (C=O) groups excluding carboxylic acids is 1. The average Bonchev–Trinajstić information content (AvgIpc) is 2.03. The van der Waals surface area contributed by atoms with Gasteiger partial charge in [0.25, 0.3) is 0 Å². The number of nitrogens with one attached hydrogen (secondary N) is 1. The SMILES string of the molecule is COC(CN)C(=O)NCC(C)C. The van der Waals surface area contributed by atoms with E-state index < -0.39 is 6.10 Å². The minimum Gasteiger partial charge on any atom is -0.370 e. The van der Waals surface area contributed by atoms with Crippen molar-refractivity contribution in [1.29, 1.82) is 0 Å². The largest absolute Gasteiger partial charge is 0.370 e. The van der Waals surface area contributed by atoms with Crippen LogP contribution in [-0.4, -0.2) is 32.2 Å². The van der Waals surface area contributed by atoms with E-state index in [2.05, 4.69) is 5.32 Å². The maximum absolute atomic E-state index is 11.2. The second-order valence-corrected chi connectivity index (χ2v) is 3.10. The maximum atomic E-state index is 11.2. The van der Waals surface area contributed by atoms with Gasteiger partial charge in [0.1, 0.15) is 6.10 Å². The highest BCUT2D eigenvalue weighted by Gasteiger charge is 2.14. The summed E-state index contributed by atoms with van der Waals surface area (Å²) in [7, 11) is 1.48. The molecule has 1 unspecified atom stereocenters. The van der Waals surface area contributed by atoms with Crippen LogP contribution >= 0.6 is 0 Å². The minimum absolute atomic E-state index is 0.131. The van der Waals surface area contributed by atoms with Gasteiger partial charge in [0.2, 0.25) is 5.91 Å². The third kappa shape index (κ3) is 4.31. The molecule has 0 radical (unpaired) electrons. The first kappa shape index (κ1) is 11.4. The van der Waals surface area contributed by atoms with Crippen LogP contribution in [0.1, 0.15) is 13.8 Å². The van der Waals surface area contributed by atoms with Gasteiger partial charge in [-0.3, -0.25) is 4.79 Å². The summed E-state index contributed by atoms with van der Waals surface area (Å²) in [5.74, 6) is 0.318. The van der Waals surface area contributed by atoms with Crippen LogP contribution in [0.25, 0.3) is 0 Å². The highest BCUT2D eigenvalue weighted by atomic mass is 16.5. The number of ether oxygens (including phenoxy) is 1. The average molecular weight is 174 g/mol. The quantitative estimate of drug-likeness (QED) is 0.603. The molecule has 4 nitrogen and oxygen atoms in total. The molecular weight excluding hydrogens is 156 g/mol. The lowest BCUT2D eigenvalue weighted by Crippen LogP contribution is -2.41. The van der Waals surface area contributed by atoms with Crippen LogP contribution in [0.15, 0.2) is 0 Å². The molecule has 0 spiro atoms. The third-order valence-corrected chi connectivity index (χ3v) is 1.48. The van der Waals surface area contributed by atoms with Crippen LogP contribution in [-0.2, 0) is 9.53 Å². The molecule has 1 amide bonds. The fraction of sp³-hybridized carbons (Fsp3) is 0.875. The number of amides is 1. The van der Waals surface area contributed by atoms with Crippen molar-refractivity contribution in [3.63, 3.8) is 0 Å². The Morgan fingerprint density at radius 3 is 2.50 bits per heavy atom. The van der Waals surface area contributed by atoms with Crippen LogP contribution in [0.5, 0.6) is 0 Å². The molecule has 0 heterocycles. The lowest BCUT2D eigenvalue weighted by molar-refractivity contribution is -0.130. The van der Waals surface area contributed by atoms with Crippen molar-refractivity contribution in [3.8, 4) is 0 Å². The molecule has 3 N–H and O–H groups in total. The van der Waals surface area contributed by atoms with Gasteiger partial charge >= 0.3 is 0 Å². The van der Waals surface area contributed by atoms with E-state index in [1.165, 1.54) is 7.11 Å². The Morgan fingerprint density at radius 1 is 1.58 bits per heavy atom. The van der Waals surface area contributed by atoms with Gasteiger partial charge in [-0.15, -0.1) is 0 Å². The van der Waals surface area contributed by atoms with Gasteiger partial charge in [0.15, 0.2) is 0 Å². The predicted molar refractivity (Wildman–Crippen MR) is 47.7 cm³/mol. The molecule has 4 heteroatoms. The Kier molecular flexibility index (Phi) is 5.66. The van der Waals surface area contributed by atoms with Crippen LogP contribution in [0.4, 0.5) is 0 Å². The van der Waals surface area contributed by atoms with E-state index in [1.807, 2.05) is 13.8 Å². The first-order valence-electron chi connectivity index (χ1n) is 4.12. The van der Waals surface area contributed by atoms with E-state index >= 15 is 0 Å². The molecule has 0 rings (SSSR count). The molecular formula is C8H18N2O2. The molecule has 0 saturated carbocycles. The Labute approximate surface area is 73.5 Å². The zero-order valence-corrected chi connectivity index (χ0v) is 7.96. The molecule has 0 aliphatic heterocycles. The van der Waals surface area contributed by atoms with Crippen molar-refractivity contribution in [2.24, 2.45) is 11.7 Å². The third-order valence-electron chi connectivity index (χ3n) is 1.48. The number of carbonyl (C=O) groups is 1. The first-order chi connectivity index (χ1) is 5.61. The van der Waals surface area contributed by atoms with Crippen molar-refractivity contribution < 1.29 is 9.53 Å². The minimum atomic E-state index is -0.510. The monoisotopic (exact) mass is 174 g/mol. The second kappa shape index (κ2) is 5.97. The summed E-state index contributed by atoms with van der Waals surface area (Å²) in [6.07, 6.45) is -0.510. The van der Waals surface area contributed by atoms with Crippen molar-refractivity contribution in [3.05, 3.63) is 0 Å². The van der Waals surface area contributed by atoms with Crippen molar-refractivity contribution in [1.82, 2.24) is 5.32 Å². The summed E-state index contributed by atoms with van der Waals surface area (Å²) in [6, 6.07) is 0. The molecule has 0 aliphatic rings. The van der Waals surface area contributed by atoms with Gasteiger partial charge in [-0.1, -0.05) is 13.8 Å². The summed E-state index contributed by atoms with van der Waals surface area (Å²) < 4.78 is 4.86. The highest BCUT2D eigenvalue weighted by molar-refractivity contribution is 5.80. The van der Waals surface area contributed by atoms with E-state index in [0.717, 1.165) is 0 Å². The highest BCUT2D eigenvalue weighted by Crippen LogP contribution is 1.90. The Bertz CT molecular complexity index is 133. The topological polar surface area (TPSA) is 64.3 Å². The van der Waals surface area contributed by atoms with E-state index in [4.69, 9.17) is 10.5 Å². The van der Waals surface area contributed by atoms with Crippen molar-refractivity contribution in [2.75, 3.05) is 20.2 Å². The van der Waals surface area contributed by atoms with Crippen LogP contribution in [0.3, 0.4) is 0 Å². The number of methoxy groups -OCH3 is 1. The molecule has 0 aromatic carbocycles. The van der Waals surface area contributed by atoms with Gasteiger partial charge in [-0.05, 0) is 5.92 Å². The molecule has 12 heavy (non-hydrogen) atoms. The van der Waals surface area contributed by atoms with E-state index in [1.54, 1.807) is 0 Å².